The normalized spacial score (nSPS) is 15.9. The van der Waals surface area contributed by atoms with Crippen molar-refractivity contribution in [2.45, 2.75) is 6.10 Å². The highest BCUT2D eigenvalue weighted by Crippen LogP contribution is 2.41. The number of rotatable bonds is 4. The van der Waals surface area contributed by atoms with Crippen LogP contribution in [0.25, 0.3) is 11.3 Å². The minimum absolute atomic E-state index is 0.388. The van der Waals surface area contributed by atoms with E-state index in [0.717, 1.165) is 11.1 Å². The van der Waals surface area contributed by atoms with Gasteiger partial charge in [0.25, 0.3) is 0 Å². The molecule has 0 saturated carbocycles. The second-order valence-corrected chi connectivity index (χ2v) is 4.53. The molecule has 1 atom stereocenters. The van der Waals surface area contributed by atoms with Crippen LogP contribution in [0.3, 0.4) is 0 Å². The zero-order valence-corrected chi connectivity index (χ0v) is 10.9. The van der Waals surface area contributed by atoms with Crippen molar-refractivity contribution in [3.63, 3.8) is 0 Å². The second kappa shape index (κ2) is 5.07. The molecule has 0 bridgehead atoms. The van der Waals surface area contributed by atoms with E-state index in [0.29, 0.717) is 24.6 Å². The first-order valence-electron chi connectivity index (χ1n) is 6.28. The summed E-state index contributed by atoms with van der Waals surface area (Å²) in [6.45, 7) is 0.859. The minimum atomic E-state index is -0.670. The molecule has 2 N–H and O–H groups in total. The monoisotopic (exact) mass is 274 g/mol. The van der Waals surface area contributed by atoms with Crippen LogP contribution in [-0.4, -0.2) is 30.3 Å². The first kappa shape index (κ1) is 12.8. The van der Waals surface area contributed by atoms with Gasteiger partial charge in [0.15, 0.2) is 0 Å². The van der Waals surface area contributed by atoms with Crippen LogP contribution in [0.15, 0.2) is 33.9 Å². The van der Waals surface area contributed by atoms with Gasteiger partial charge in [0.05, 0.1) is 24.6 Å². The SMILES string of the molecule is COCCOC1c2ccccc2-c2[nH]c(=O)c(=O)[nH]c21. The minimum Gasteiger partial charge on any atom is -0.382 e. The fourth-order valence-electron chi connectivity index (χ4n) is 2.42. The van der Waals surface area contributed by atoms with Crippen LogP contribution in [0.2, 0.25) is 0 Å². The lowest BCUT2D eigenvalue weighted by Gasteiger charge is -2.13. The first-order valence-corrected chi connectivity index (χ1v) is 6.28. The molecule has 1 heterocycles. The fraction of sp³-hybridized carbons (Fsp3) is 0.286. The van der Waals surface area contributed by atoms with Crippen LogP contribution >= 0.6 is 0 Å². The van der Waals surface area contributed by atoms with E-state index < -0.39 is 11.1 Å². The van der Waals surface area contributed by atoms with E-state index in [1.165, 1.54) is 0 Å². The third-order valence-corrected chi connectivity index (χ3v) is 3.31. The summed E-state index contributed by atoms with van der Waals surface area (Å²) < 4.78 is 10.7. The summed E-state index contributed by atoms with van der Waals surface area (Å²) in [5.74, 6) is 0. The van der Waals surface area contributed by atoms with Crippen molar-refractivity contribution < 1.29 is 9.47 Å². The smallest absolute Gasteiger partial charge is 0.314 e. The van der Waals surface area contributed by atoms with Crippen molar-refractivity contribution in [3.05, 3.63) is 56.2 Å². The van der Waals surface area contributed by atoms with Gasteiger partial charge >= 0.3 is 11.1 Å². The molecule has 0 radical (unpaired) electrons. The van der Waals surface area contributed by atoms with E-state index in [1.807, 2.05) is 24.3 Å². The van der Waals surface area contributed by atoms with Crippen molar-refractivity contribution in [2.75, 3.05) is 20.3 Å². The quantitative estimate of drug-likeness (QED) is 0.638. The highest BCUT2D eigenvalue weighted by atomic mass is 16.5. The molecule has 6 nitrogen and oxygen atoms in total. The lowest BCUT2D eigenvalue weighted by molar-refractivity contribution is 0.0356. The second-order valence-electron chi connectivity index (χ2n) is 4.53. The number of nitrogens with one attached hydrogen (secondary N) is 2. The Hall–Kier alpha value is -2.18. The van der Waals surface area contributed by atoms with Crippen LogP contribution in [-0.2, 0) is 9.47 Å². The molecule has 104 valence electrons. The number of hydrogen-bond acceptors (Lipinski definition) is 4. The Bertz CT molecular complexity index is 747. The molecule has 0 aliphatic heterocycles. The van der Waals surface area contributed by atoms with E-state index in [-0.39, 0.29) is 6.10 Å². The zero-order chi connectivity index (χ0) is 14.1. The molecule has 1 aromatic carbocycles. The van der Waals surface area contributed by atoms with Crippen molar-refractivity contribution in [3.8, 4) is 11.3 Å². The van der Waals surface area contributed by atoms with Gasteiger partial charge in [-0.2, -0.15) is 0 Å². The lowest BCUT2D eigenvalue weighted by atomic mass is 10.1. The topological polar surface area (TPSA) is 84.2 Å². The Balaban J connectivity index is 2.10. The largest absolute Gasteiger partial charge is 0.382 e. The van der Waals surface area contributed by atoms with Crippen LogP contribution in [0.5, 0.6) is 0 Å². The summed E-state index contributed by atoms with van der Waals surface area (Å²) in [5, 5.41) is 0. The molecule has 2 aromatic rings. The van der Waals surface area contributed by atoms with Gasteiger partial charge in [-0.25, -0.2) is 0 Å². The molecule has 1 aliphatic carbocycles. The summed E-state index contributed by atoms with van der Waals surface area (Å²) in [4.78, 5) is 28.3. The standard InChI is InChI=1S/C14H14N2O4/c1-19-6-7-20-12-9-5-3-2-4-8(9)10-11(12)16-14(18)13(17)15-10/h2-5,12H,6-7H2,1H3,(H,15,17)(H,16,18). The molecule has 0 fully saturated rings. The summed E-state index contributed by atoms with van der Waals surface area (Å²) in [6.07, 6.45) is -0.388. The zero-order valence-electron chi connectivity index (χ0n) is 10.9. The molecule has 1 aliphatic rings. The molecule has 1 aromatic heterocycles. The molecule has 0 spiro atoms. The predicted molar refractivity (Wildman–Crippen MR) is 72.8 cm³/mol. The molecule has 0 saturated heterocycles. The van der Waals surface area contributed by atoms with Crippen LogP contribution < -0.4 is 11.1 Å². The maximum Gasteiger partial charge on any atom is 0.314 e. The van der Waals surface area contributed by atoms with Gasteiger partial charge < -0.3 is 19.4 Å². The number of H-pyrrole nitrogens is 2. The fourth-order valence-corrected chi connectivity index (χ4v) is 2.42. The number of fused-ring (bicyclic) bond motifs is 3. The van der Waals surface area contributed by atoms with Gasteiger partial charge in [0, 0.05) is 12.7 Å². The maximum atomic E-state index is 11.5. The van der Waals surface area contributed by atoms with Crippen molar-refractivity contribution >= 4 is 0 Å². The third-order valence-electron chi connectivity index (χ3n) is 3.31. The highest BCUT2D eigenvalue weighted by Gasteiger charge is 2.31. The highest BCUT2D eigenvalue weighted by molar-refractivity contribution is 5.73. The maximum absolute atomic E-state index is 11.5. The number of hydrogen-bond donors (Lipinski definition) is 2. The average molecular weight is 274 g/mol. The first-order chi connectivity index (χ1) is 9.72. The Morgan fingerprint density at radius 1 is 1.10 bits per heavy atom. The van der Waals surface area contributed by atoms with Crippen molar-refractivity contribution in [2.24, 2.45) is 0 Å². The van der Waals surface area contributed by atoms with Crippen LogP contribution in [0, 0.1) is 0 Å². The molecule has 0 amide bonds. The van der Waals surface area contributed by atoms with E-state index in [9.17, 15) is 9.59 Å². The molecule has 1 unspecified atom stereocenters. The number of aromatic nitrogens is 2. The van der Waals surface area contributed by atoms with Gasteiger partial charge in [0.1, 0.15) is 6.10 Å². The van der Waals surface area contributed by atoms with Gasteiger partial charge in [0.2, 0.25) is 0 Å². The Kier molecular flexibility index (Phi) is 3.25. The average Bonchev–Trinajstić information content (AvgIpc) is 2.74. The summed E-state index contributed by atoms with van der Waals surface area (Å²) in [6, 6.07) is 7.59. The van der Waals surface area contributed by atoms with E-state index in [2.05, 4.69) is 9.97 Å². The molecule has 3 rings (SSSR count). The van der Waals surface area contributed by atoms with Gasteiger partial charge in [-0.15, -0.1) is 0 Å². The summed E-state index contributed by atoms with van der Waals surface area (Å²) in [5.41, 5.74) is 1.68. The number of benzene rings is 1. The molecule has 6 heteroatoms. The van der Waals surface area contributed by atoms with E-state index in [1.54, 1.807) is 7.11 Å². The van der Waals surface area contributed by atoms with E-state index in [4.69, 9.17) is 9.47 Å². The van der Waals surface area contributed by atoms with Gasteiger partial charge in [-0.05, 0) is 5.56 Å². The molecular weight excluding hydrogens is 260 g/mol. The van der Waals surface area contributed by atoms with Crippen LogP contribution in [0.1, 0.15) is 17.4 Å². The number of methoxy groups -OCH3 is 1. The Morgan fingerprint density at radius 3 is 2.65 bits per heavy atom. The Labute approximate surface area is 114 Å². The van der Waals surface area contributed by atoms with E-state index >= 15 is 0 Å². The number of ether oxygens (including phenoxy) is 2. The molecular formula is C14H14N2O4. The van der Waals surface area contributed by atoms with Gasteiger partial charge in [-0.1, -0.05) is 24.3 Å². The van der Waals surface area contributed by atoms with Crippen molar-refractivity contribution in [1.29, 1.82) is 0 Å². The Morgan fingerprint density at radius 2 is 1.85 bits per heavy atom. The van der Waals surface area contributed by atoms with Crippen molar-refractivity contribution in [1.82, 2.24) is 9.97 Å². The van der Waals surface area contributed by atoms with Gasteiger partial charge in [-0.3, -0.25) is 9.59 Å². The summed E-state index contributed by atoms with van der Waals surface area (Å²) in [7, 11) is 1.60. The predicted octanol–water partition coefficient (Wildman–Crippen LogP) is 0.796. The van der Waals surface area contributed by atoms with Crippen LogP contribution in [0.4, 0.5) is 0 Å². The third kappa shape index (κ3) is 1.99. The summed E-state index contributed by atoms with van der Waals surface area (Å²) >= 11 is 0. The molecule has 20 heavy (non-hydrogen) atoms. The lowest BCUT2D eigenvalue weighted by Crippen LogP contribution is -2.31. The number of aromatic amines is 2.